The summed E-state index contributed by atoms with van der Waals surface area (Å²) in [5.74, 6) is 0.623. The highest BCUT2D eigenvalue weighted by Crippen LogP contribution is 2.18. The van der Waals surface area contributed by atoms with Gasteiger partial charge in [0.1, 0.15) is 11.3 Å². The van der Waals surface area contributed by atoms with E-state index in [0.29, 0.717) is 12.4 Å². The number of halogens is 1. The maximum absolute atomic E-state index is 11.9. The summed E-state index contributed by atoms with van der Waals surface area (Å²) in [4.78, 5) is 11.9. The second-order valence-corrected chi connectivity index (χ2v) is 4.74. The van der Waals surface area contributed by atoms with Crippen molar-refractivity contribution in [1.29, 1.82) is 0 Å². The number of benzene rings is 1. The molecule has 0 unspecified atom stereocenters. The van der Waals surface area contributed by atoms with E-state index in [1.54, 1.807) is 14.0 Å². The van der Waals surface area contributed by atoms with Gasteiger partial charge in [-0.2, -0.15) is 0 Å². The van der Waals surface area contributed by atoms with Crippen molar-refractivity contribution < 1.29 is 14.3 Å². The number of rotatable bonds is 6. The number of anilines is 1. The first-order valence-corrected chi connectivity index (χ1v) is 7.09. The molecule has 22 heavy (non-hydrogen) atoms. The van der Waals surface area contributed by atoms with Crippen LogP contribution < -0.4 is 10.1 Å². The summed E-state index contributed by atoms with van der Waals surface area (Å²) in [7, 11) is 1.61. The Morgan fingerprint density at radius 3 is 2.64 bits per heavy atom. The average molecular weight is 322 g/mol. The molecule has 1 heterocycles. The Bertz CT molecular complexity index is 647. The van der Waals surface area contributed by atoms with Gasteiger partial charge in [0.2, 0.25) is 0 Å². The van der Waals surface area contributed by atoms with Crippen LogP contribution in [0.4, 0.5) is 5.82 Å². The van der Waals surface area contributed by atoms with E-state index in [1.165, 1.54) is 6.07 Å². The Kier molecular flexibility index (Phi) is 5.55. The van der Waals surface area contributed by atoms with Crippen LogP contribution in [0.5, 0.6) is 5.75 Å². The molecule has 7 heteroatoms. The lowest BCUT2D eigenvalue weighted by molar-refractivity contribution is 0.0527. The minimum atomic E-state index is -0.489. The molecule has 2 rings (SSSR count). The third-order valence-electron chi connectivity index (χ3n) is 2.88. The van der Waals surface area contributed by atoms with Crippen LogP contribution >= 0.6 is 11.6 Å². The number of ether oxygens (including phenoxy) is 2. The van der Waals surface area contributed by atoms with Crippen LogP contribution in [0.2, 0.25) is 5.15 Å². The lowest BCUT2D eigenvalue weighted by Crippen LogP contribution is -2.12. The van der Waals surface area contributed by atoms with Gasteiger partial charge in [0.05, 0.1) is 13.7 Å². The number of aromatic nitrogens is 2. The second kappa shape index (κ2) is 7.61. The maximum atomic E-state index is 11.9. The van der Waals surface area contributed by atoms with Crippen molar-refractivity contribution in [1.82, 2.24) is 10.2 Å². The van der Waals surface area contributed by atoms with Gasteiger partial charge in [-0.25, -0.2) is 4.79 Å². The third-order valence-corrected chi connectivity index (χ3v) is 3.06. The second-order valence-electron chi connectivity index (χ2n) is 4.35. The molecule has 0 bridgehead atoms. The van der Waals surface area contributed by atoms with E-state index >= 15 is 0 Å². The van der Waals surface area contributed by atoms with E-state index in [-0.39, 0.29) is 17.3 Å². The fraction of sp³-hybridized carbons (Fsp3) is 0.267. The zero-order valence-electron chi connectivity index (χ0n) is 12.3. The number of carbonyl (C=O) groups is 1. The number of methoxy groups -OCH3 is 1. The Balaban J connectivity index is 2.12. The Morgan fingerprint density at radius 1 is 1.27 bits per heavy atom. The summed E-state index contributed by atoms with van der Waals surface area (Å²) in [6, 6.07) is 8.98. The standard InChI is InChI=1S/C15H16ClN3O3/c1-3-22-15(20)12-8-13(16)18-19-14(12)17-9-10-4-6-11(21-2)7-5-10/h4-8H,3,9H2,1-2H3,(H,17,19). The molecule has 0 saturated heterocycles. The summed E-state index contributed by atoms with van der Waals surface area (Å²) < 4.78 is 10.1. The van der Waals surface area contributed by atoms with Crippen LogP contribution in [0.25, 0.3) is 0 Å². The van der Waals surface area contributed by atoms with Crippen LogP contribution in [0, 0.1) is 0 Å². The molecule has 116 valence electrons. The van der Waals surface area contributed by atoms with Crippen molar-refractivity contribution in [2.75, 3.05) is 19.0 Å². The SMILES string of the molecule is CCOC(=O)c1cc(Cl)nnc1NCc1ccc(OC)cc1. The summed E-state index contributed by atoms with van der Waals surface area (Å²) >= 11 is 5.79. The Labute approximate surface area is 133 Å². The molecule has 0 radical (unpaired) electrons. The van der Waals surface area contributed by atoms with Gasteiger partial charge in [0.15, 0.2) is 11.0 Å². The van der Waals surface area contributed by atoms with Gasteiger partial charge in [-0.05, 0) is 30.7 Å². The van der Waals surface area contributed by atoms with Gasteiger partial charge in [-0.3, -0.25) is 0 Å². The van der Waals surface area contributed by atoms with E-state index in [2.05, 4.69) is 15.5 Å². The van der Waals surface area contributed by atoms with Gasteiger partial charge in [0.25, 0.3) is 0 Å². The van der Waals surface area contributed by atoms with Crippen LogP contribution in [0.3, 0.4) is 0 Å². The predicted octanol–water partition coefficient (Wildman–Crippen LogP) is 2.93. The van der Waals surface area contributed by atoms with Crippen LogP contribution in [0.1, 0.15) is 22.8 Å². The van der Waals surface area contributed by atoms with Crippen molar-refractivity contribution in [2.24, 2.45) is 0 Å². The summed E-state index contributed by atoms with van der Waals surface area (Å²) in [5, 5.41) is 10.9. The Morgan fingerprint density at radius 2 is 2.00 bits per heavy atom. The molecule has 0 spiro atoms. The molecule has 1 aromatic heterocycles. The topological polar surface area (TPSA) is 73.3 Å². The molecule has 1 aromatic carbocycles. The lowest BCUT2D eigenvalue weighted by atomic mass is 10.2. The highest BCUT2D eigenvalue weighted by atomic mass is 35.5. The fourth-order valence-electron chi connectivity index (χ4n) is 1.79. The highest BCUT2D eigenvalue weighted by molar-refractivity contribution is 6.29. The zero-order valence-corrected chi connectivity index (χ0v) is 13.1. The monoisotopic (exact) mass is 321 g/mol. The van der Waals surface area contributed by atoms with Crippen molar-refractivity contribution in [2.45, 2.75) is 13.5 Å². The quantitative estimate of drug-likeness (QED) is 0.825. The lowest BCUT2D eigenvalue weighted by Gasteiger charge is -2.10. The minimum absolute atomic E-state index is 0.137. The number of hydrogen-bond donors (Lipinski definition) is 1. The van der Waals surface area contributed by atoms with Gasteiger partial charge < -0.3 is 14.8 Å². The van der Waals surface area contributed by atoms with Crippen molar-refractivity contribution in [3.05, 3.63) is 46.6 Å². The zero-order chi connectivity index (χ0) is 15.9. The Hall–Kier alpha value is -2.34. The van der Waals surface area contributed by atoms with E-state index in [9.17, 15) is 4.79 Å². The first kappa shape index (κ1) is 16.0. The van der Waals surface area contributed by atoms with E-state index in [0.717, 1.165) is 11.3 Å². The molecule has 0 aliphatic carbocycles. The van der Waals surface area contributed by atoms with Crippen molar-refractivity contribution in [3.63, 3.8) is 0 Å². The molecule has 0 fully saturated rings. The number of hydrogen-bond acceptors (Lipinski definition) is 6. The summed E-state index contributed by atoms with van der Waals surface area (Å²) in [6.07, 6.45) is 0. The highest BCUT2D eigenvalue weighted by Gasteiger charge is 2.15. The van der Waals surface area contributed by atoms with Gasteiger partial charge >= 0.3 is 5.97 Å². The van der Waals surface area contributed by atoms with Crippen molar-refractivity contribution >= 4 is 23.4 Å². The van der Waals surface area contributed by atoms with E-state index in [4.69, 9.17) is 21.1 Å². The van der Waals surface area contributed by atoms with E-state index < -0.39 is 5.97 Å². The van der Waals surface area contributed by atoms with Gasteiger partial charge in [0, 0.05) is 6.54 Å². The van der Waals surface area contributed by atoms with Gasteiger partial charge in [-0.15, -0.1) is 10.2 Å². The summed E-state index contributed by atoms with van der Waals surface area (Å²) in [5.41, 5.74) is 1.27. The maximum Gasteiger partial charge on any atom is 0.342 e. The number of carbonyl (C=O) groups excluding carboxylic acids is 1. The first-order chi connectivity index (χ1) is 10.6. The third kappa shape index (κ3) is 4.08. The number of esters is 1. The summed E-state index contributed by atoms with van der Waals surface area (Å²) in [6.45, 7) is 2.49. The molecule has 0 atom stereocenters. The molecular weight excluding hydrogens is 306 g/mol. The van der Waals surface area contributed by atoms with Crippen LogP contribution in [-0.4, -0.2) is 29.9 Å². The molecule has 0 aliphatic heterocycles. The largest absolute Gasteiger partial charge is 0.497 e. The first-order valence-electron chi connectivity index (χ1n) is 6.71. The average Bonchev–Trinajstić information content (AvgIpc) is 2.54. The molecular formula is C15H16ClN3O3. The van der Waals surface area contributed by atoms with Crippen molar-refractivity contribution in [3.8, 4) is 5.75 Å². The molecule has 0 aliphatic rings. The predicted molar refractivity (Wildman–Crippen MR) is 83.3 cm³/mol. The molecule has 6 nitrogen and oxygen atoms in total. The molecule has 1 N–H and O–H groups in total. The molecule has 0 amide bonds. The fourth-order valence-corrected chi connectivity index (χ4v) is 1.94. The van der Waals surface area contributed by atoms with Crippen LogP contribution in [-0.2, 0) is 11.3 Å². The smallest absolute Gasteiger partial charge is 0.342 e. The molecule has 0 saturated carbocycles. The van der Waals surface area contributed by atoms with E-state index in [1.807, 2.05) is 24.3 Å². The molecule has 2 aromatic rings. The minimum Gasteiger partial charge on any atom is -0.497 e. The van der Waals surface area contributed by atoms with Crippen LogP contribution in [0.15, 0.2) is 30.3 Å². The number of nitrogens with zero attached hydrogens (tertiary/aromatic N) is 2. The normalized spacial score (nSPS) is 10.1. The van der Waals surface area contributed by atoms with Gasteiger partial charge in [-0.1, -0.05) is 23.7 Å². The number of nitrogens with one attached hydrogen (secondary N) is 1.